The van der Waals surface area contributed by atoms with Crippen molar-refractivity contribution in [1.29, 1.82) is 0 Å². The summed E-state index contributed by atoms with van der Waals surface area (Å²) >= 11 is 0. The van der Waals surface area contributed by atoms with Gasteiger partial charge in [0.1, 0.15) is 0 Å². The lowest BCUT2D eigenvalue weighted by Gasteiger charge is -2.30. The summed E-state index contributed by atoms with van der Waals surface area (Å²) in [7, 11) is -3.43. The highest BCUT2D eigenvalue weighted by atomic mass is 32.2. The molecule has 0 aromatic carbocycles. The molecule has 2 aliphatic rings. The van der Waals surface area contributed by atoms with Crippen LogP contribution in [0.15, 0.2) is 12.3 Å². The highest BCUT2D eigenvalue weighted by Gasteiger charge is 2.28. The molecule has 1 aromatic rings. The third kappa shape index (κ3) is 3.64. The Morgan fingerprint density at radius 3 is 2.71 bits per heavy atom. The molecule has 21 heavy (non-hydrogen) atoms. The number of nitrogens with two attached hydrogens (primary N) is 1. The van der Waals surface area contributed by atoms with E-state index in [1.165, 1.54) is 25.7 Å². The van der Waals surface area contributed by atoms with E-state index in [9.17, 15) is 8.42 Å². The lowest BCUT2D eigenvalue weighted by Crippen LogP contribution is -2.44. The predicted octanol–water partition coefficient (Wildman–Crippen LogP) is 1.25. The molecule has 2 heterocycles. The van der Waals surface area contributed by atoms with E-state index in [1.807, 2.05) is 0 Å². The Hall–Kier alpha value is -0.920. The number of piperidine rings is 1. The van der Waals surface area contributed by atoms with Gasteiger partial charge < -0.3 is 0 Å². The maximum Gasteiger partial charge on any atom is 0.213 e. The summed E-state index contributed by atoms with van der Waals surface area (Å²) < 4.78 is 25.1. The zero-order chi connectivity index (χ0) is 14.9. The van der Waals surface area contributed by atoms with Crippen LogP contribution >= 0.6 is 0 Å². The quantitative estimate of drug-likeness (QED) is 0.907. The van der Waals surface area contributed by atoms with Crippen molar-refractivity contribution in [3.05, 3.63) is 18.0 Å². The van der Waals surface area contributed by atoms with Gasteiger partial charge in [0.05, 0.1) is 17.0 Å². The van der Waals surface area contributed by atoms with Gasteiger partial charge in [-0.1, -0.05) is 12.8 Å². The second-order valence-corrected chi connectivity index (χ2v) is 8.16. The highest BCUT2D eigenvalue weighted by molar-refractivity contribution is 7.89. The van der Waals surface area contributed by atoms with Crippen molar-refractivity contribution in [2.24, 2.45) is 5.14 Å². The first-order valence-electron chi connectivity index (χ1n) is 7.80. The molecule has 1 unspecified atom stereocenters. The molecule has 1 aliphatic carbocycles. The number of sulfonamides is 1. The van der Waals surface area contributed by atoms with Gasteiger partial charge in [-0.2, -0.15) is 5.10 Å². The maximum absolute atomic E-state index is 11.5. The SMILES string of the molecule is NS(=O)(=O)C1CCCN(Cc2ccn(C3CCCC3)n2)C1. The van der Waals surface area contributed by atoms with Crippen LogP contribution in [0.5, 0.6) is 0 Å². The number of nitrogens with zero attached hydrogens (tertiary/aromatic N) is 3. The molecule has 2 N–H and O–H groups in total. The molecule has 2 fully saturated rings. The van der Waals surface area contributed by atoms with Crippen LogP contribution in [-0.4, -0.2) is 41.4 Å². The Kier molecular flexibility index (Phi) is 4.33. The number of likely N-dealkylation sites (tertiary alicyclic amines) is 1. The fourth-order valence-corrected chi connectivity index (χ4v) is 4.40. The van der Waals surface area contributed by atoms with Crippen LogP contribution < -0.4 is 5.14 Å². The van der Waals surface area contributed by atoms with Crippen LogP contribution in [0, 0.1) is 0 Å². The lowest BCUT2D eigenvalue weighted by atomic mass is 10.1. The summed E-state index contributed by atoms with van der Waals surface area (Å²) in [4.78, 5) is 2.15. The van der Waals surface area contributed by atoms with Gasteiger partial charge in [-0.05, 0) is 38.3 Å². The number of hydrogen-bond acceptors (Lipinski definition) is 4. The molecular weight excluding hydrogens is 288 g/mol. The first-order chi connectivity index (χ1) is 10.0. The first-order valence-corrected chi connectivity index (χ1v) is 9.41. The smallest absolute Gasteiger partial charge is 0.213 e. The zero-order valence-electron chi connectivity index (χ0n) is 12.3. The van der Waals surface area contributed by atoms with Gasteiger partial charge in [-0.25, -0.2) is 13.6 Å². The Labute approximate surface area is 126 Å². The number of primary sulfonamides is 1. The van der Waals surface area contributed by atoms with E-state index >= 15 is 0 Å². The Balaban J connectivity index is 1.61. The molecule has 1 aliphatic heterocycles. The molecule has 0 spiro atoms. The van der Waals surface area contributed by atoms with Gasteiger partial charge in [0.15, 0.2) is 0 Å². The summed E-state index contributed by atoms with van der Waals surface area (Å²) in [6.07, 6.45) is 8.64. The van der Waals surface area contributed by atoms with Gasteiger partial charge in [-0.3, -0.25) is 9.58 Å². The van der Waals surface area contributed by atoms with Gasteiger partial charge in [-0.15, -0.1) is 0 Å². The van der Waals surface area contributed by atoms with Crippen molar-refractivity contribution in [3.63, 3.8) is 0 Å². The van der Waals surface area contributed by atoms with Gasteiger partial charge in [0.25, 0.3) is 0 Å². The molecule has 1 saturated carbocycles. The largest absolute Gasteiger partial charge is 0.296 e. The fourth-order valence-electron chi connectivity index (χ4n) is 3.49. The molecule has 0 bridgehead atoms. The first kappa shape index (κ1) is 15.0. The molecule has 1 saturated heterocycles. The number of rotatable bonds is 4. The number of aromatic nitrogens is 2. The summed E-state index contributed by atoms with van der Waals surface area (Å²) in [6, 6.07) is 2.61. The van der Waals surface area contributed by atoms with Crippen LogP contribution in [-0.2, 0) is 16.6 Å². The fraction of sp³-hybridized carbons (Fsp3) is 0.786. The van der Waals surface area contributed by atoms with Gasteiger partial charge >= 0.3 is 0 Å². The van der Waals surface area contributed by atoms with Crippen molar-refractivity contribution < 1.29 is 8.42 Å². The molecular formula is C14H24N4O2S. The normalized spacial score (nSPS) is 25.5. The predicted molar refractivity (Wildman–Crippen MR) is 81.1 cm³/mol. The van der Waals surface area contributed by atoms with Crippen LogP contribution in [0.3, 0.4) is 0 Å². The Bertz CT molecular complexity index is 578. The standard InChI is InChI=1S/C14H24N4O2S/c15-21(19,20)14-6-3-8-17(11-14)10-12-7-9-18(16-12)13-4-1-2-5-13/h7,9,13-14H,1-6,8,10-11H2,(H2,15,19,20). The highest BCUT2D eigenvalue weighted by Crippen LogP contribution is 2.28. The zero-order valence-corrected chi connectivity index (χ0v) is 13.1. The van der Waals surface area contributed by atoms with E-state index < -0.39 is 15.3 Å². The third-order valence-electron chi connectivity index (χ3n) is 4.67. The maximum atomic E-state index is 11.5. The summed E-state index contributed by atoms with van der Waals surface area (Å²) in [5.41, 5.74) is 1.02. The van der Waals surface area contributed by atoms with E-state index in [1.54, 1.807) is 0 Å². The lowest BCUT2D eigenvalue weighted by molar-refractivity contribution is 0.219. The average molecular weight is 312 g/mol. The van der Waals surface area contributed by atoms with Crippen molar-refractivity contribution in [1.82, 2.24) is 14.7 Å². The van der Waals surface area contributed by atoms with E-state index in [4.69, 9.17) is 5.14 Å². The van der Waals surface area contributed by atoms with E-state index in [-0.39, 0.29) is 0 Å². The van der Waals surface area contributed by atoms with E-state index in [0.717, 1.165) is 18.7 Å². The van der Waals surface area contributed by atoms with Crippen LogP contribution in [0.1, 0.15) is 50.3 Å². The van der Waals surface area contributed by atoms with Crippen LogP contribution in [0.25, 0.3) is 0 Å². The van der Waals surface area contributed by atoms with Crippen molar-refractivity contribution in [2.45, 2.75) is 56.4 Å². The molecule has 0 radical (unpaired) electrons. The topological polar surface area (TPSA) is 81.2 Å². The molecule has 0 amide bonds. The van der Waals surface area contributed by atoms with Gasteiger partial charge in [0, 0.05) is 19.3 Å². The summed E-state index contributed by atoms with van der Waals surface area (Å²) in [6.45, 7) is 2.16. The third-order valence-corrected chi connectivity index (χ3v) is 5.99. The number of hydrogen-bond donors (Lipinski definition) is 1. The van der Waals surface area contributed by atoms with Gasteiger partial charge in [0.2, 0.25) is 10.0 Å². The summed E-state index contributed by atoms with van der Waals surface area (Å²) in [5, 5.41) is 9.52. The molecule has 6 nitrogen and oxygen atoms in total. The van der Waals surface area contributed by atoms with Crippen molar-refractivity contribution >= 4 is 10.0 Å². The van der Waals surface area contributed by atoms with Crippen molar-refractivity contribution in [2.75, 3.05) is 13.1 Å². The Morgan fingerprint density at radius 2 is 2.00 bits per heavy atom. The average Bonchev–Trinajstić information content (AvgIpc) is 3.08. The molecule has 3 rings (SSSR count). The van der Waals surface area contributed by atoms with E-state index in [2.05, 4.69) is 26.9 Å². The van der Waals surface area contributed by atoms with Crippen LogP contribution in [0.4, 0.5) is 0 Å². The molecule has 1 aromatic heterocycles. The minimum absolute atomic E-state index is 0.428. The molecule has 1 atom stereocenters. The Morgan fingerprint density at radius 1 is 1.24 bits per heavy atom. The second-order valence-electron chi connectivity index (χ2n) is 6.31. The van der Waals surface area contributed by atoms with E-state index in [0.29, 0.717) is 25.6 Å². The molecule has 118 valence electrons. The van der Waals surface area contributed by atoms with Crippen LogP contribution in [0.2, 0.25) is 0 Å². The minimum atomic E-state index is -3.43. The summed E-state index contributed by atoms with van der Waals surface area (Å²) in [5.74, 6) is 0. The minimum Gasteiger partial charge on any atom is -0.296 e. The monoisotopic (exact) mass is 312 g/mol. The molecule has 7 heteroatoms. The van der Waals surface area contributed by atoms with Crippen molar-refractivity contribution in [3.8, 4) is 0 Å². The second kappa shape index (κ2) is 6.06.